The highest BCUT2D eigenvalue weighted by Gasteiger charge is 2.25. The Hall–Kier alpha value is -1.66. The Kier molecular flexibility index (Phi) is 6.75. The van der Waals surface area contributed by atoms with Gasteiger partial charge in [0.05, 0.1) is 12.0 Å². The Balaban J connectivity index is 3.26. The number of aryl methyl sites for hydroxylation is 3. The van der Waals surface area contributed by atoms with E-state index in [0.29, 0.717) is 21.6 Å². The summed E-state index contributed by atoms with van der Waals surface area (Å²) in [6.07, 6.45) is 1.60. The Morgan fingerprint density at radius 2 is 1.67 bits per heavy atom. The molecular formula is C18H27NO4S. The zero-order valence-electron chi connectivity index (χ0n) is 15.4. The van der Waals surface area contributed by atoms with E-state index in [2.05, 4.69) is 9.46 Å². The van der Waals surface area contributed by atoms with E-state index in [1.807, 2.05) is 32.9 Å². The first-order valence-corrected chi connectivity index (χ1v) is 9.34. The third-order valence-corrected chi connectivity index (χ3v) is 5.58. The minimum atomic E-state index is -3.71. The largest absolute Gasteiger partial charge is 0.466 e. The smallest absolute Gasteiger partial charge is 0.333 e. The van der Waals surface area contributed by atoms with Crippen molar-refractivity contribution < 1.29 is 17.9 Å². The number of methoxy groups -OCH3 is 1. The molecule has 5 nitrogen and oxygen atoms in total. The van der Waals surface area contributed by atoms with E-state index in [1.165, 1.54) is 7.11 Å². The Bertz CT molecular complexity index is 725. The molecule has 0 radical (unpaired) electrons. The van der Waals surface area contributed by atoms with Crippen molar-refractivity contribution in [1.82, 2.24) is 4.72 Å². The molecule has 1 atom stereocenters. The molecule has 1 aromatic carbocycles. The lowest BCUT2D eigenvalue weighted by Crippen LogP contribution is -2.38. The van der Waals surface area contributed by atoms with Crippen molar-refractivity contribution in [2.45, 2.75) is 52.5 Å². The van der Waals surface area contributed by atoms with Crippen molar-refractivity contribution in [3.63, 3.8) is 0 Å². The maximum absolute atomic E-state index is 12.9. The minimum Gasteiger partial charge on any atom is -0.466 e. The Morgan fingerprint density at radius 1 is 1.17 bits per heavy atom. The Labute approximate surface area is 145 Å². The Morgan fingerprint density at radius 3 is 2.08 bits per heavy atom. The summed E-state index contributed by atoms with van der Waals surface area (Å²) in [5, 5.41) is 0. The number of benzene rings is 1. The summed E-state index contributed by atoms with van der Waals surface area (Å²) in [6, 6.07) is 3.19. The highest BCUT2D eigenvalue weighted by Crippen LogP contribution is 2.23. The number of carbonyl (C=O) groups is 1. The maximum atomic E-state index is 12.9. The van der Waals surface area contributed by atoms with Crippen molar-refractivity contribution in [3.8, 4) is 0 Å². The van der Waals surface area contributed by atoms with Gasteiger partial charge >= 0.3 is 5.97 Å². The van der Waals surface area contributed by atoms with Crippen LogP contribution in [-0.2, 0) is 19.6 Å². The van der Waals surface area contributed by atoms with E-state index in [4.69, 9.17) is 0 Å². The van der Waals surface area contributed by atoms with Crippen LogP contribution in [0.25, 0.3) is 0 Å². The lowest BCUT2D eigenvalue weighted by atomic mass is 10.0. The number of hydrogen-bond acceptors (Lipinski definition) is 4. The third kappa shape index (κ3) is 4.92. The summed E-state index contributed by atoms with van der Waals surface area (Å²) >= 11 is 0. The van der Waals surface area contributed by atoms with E-state index in [-0.39, 0.29) is 5.92 Å². The van der Waals surface area contributed by atoms with Crippen LogP contribution in [0.1, 0.15) is 37.5 Å². The quantitative estimate of drug-likeness (QED) is 0.630. The van der Waals surface area contributed by atoms with Gasteiger partial charge in [0.1, 0.15) is 0 Å². The van der Waals surface area contributed by atoms with Crippen LogP contribution in [0, 0.1) is 26.7 Å². The van der Waals surface area contributed by atoms with Crippen LogP contribution in [0.15, 0.2) is 28.7 Å². The molecule has 0 saturated heterocycles. The van der Waals surface area contributed by atoms with Crippen molar-refractivity contribution in [2.24, 2.45) is 5.92 Å². The highest BCUT2D eigenvalue weighted by atomic mass is 32.2. The van der Waals surface area contributed by atoms with Gasteiger partial charge in [-0.1, -0.05) is 37.6 Å². The van der Waals surface area contributed by atoms with Crippen molar-refractivity contribution in [2.75, 3.05) is 7.11 Å². The predicted molar refractivity (Wildman–Crippen MR) is 95.4 cm³/mol. The van der Waals surface area contributed by atoms with Crippen molar-refractivity contribution in [3.05, 3.63) is 40.5 Å². The van der Waals surface area contributed by atoms with Gasteiger partial charge in [-0.25, -0.2) is 17.9 Å². The number of hydrogen-bond donors (Lipinski definition) is 1. The van der Waals surface area contributed by atoms with Crippen LogP contribution in [0.5, 0.6) is 0 Å². The van der Waals surface area contributed by atoms with Gasteiger partial charge in [-0.15, -0.1) is 0 Å². The van der Waals surface area contributed by atoms with E-state index in [0.717, 1.165) is 5.56 Å². The van der Waals surface area contributed by atoms with E-state index >= 15 is 0 Å². The first-order chi connectivity index (χ1) is 11.0. The van der Waals surface area contributed by atoms with Crippen molar-refractivity contribution >= 4 is 16.0 Å². The molecule has 0 unspecified atom stereocenters. The van der Waals surface area contributed by atoms with E-state index in [9.17, 15) is 13.2 Å². The van der Waals surface area contributed by atoms with Crippen LogP contribution >= 0.6 is 0 Å². The maximum Gasteiger partial charge on any atom is 0.333 e. The first-order valence-electron chi connectivity index (χ1n) is 7.86. The fraction of sp³-hybridized carbons (Fsp3) is 0.500. The summed E-state index contributed by atoms with van der Waals surface area (Å²) in [6.45, 7) is 10.9. The topological polar surface area (TPSA) is 72.5 Å². The fourth-order valence-corrected chi connectivity index (χ4v) is 4.47. The number of rotatable bonds is 6. The van der Waals surface area contributed by atoms with Crippen molar-refractivity contribution in [1.29, 1.82) is 0 Å². The molecule has 0 aliphatic carbocycles. The van der Waals surface area contributed by atoms with Gasteiger partial charge in [0.2, 0.25) is 10.0 Å². The minimum absolute atomic E-state index is 0.0227. The number of nitrogens with one attached hydrogen (secondary N) is 1. The molecule has 1 rings (SSSR count). The summed E-state index contributed by atoms with van der Waals surface area (Å²) < 4.78 is 33.1. The second-order valence-corrected chi connectivity index (χ2v) is 8.11. The summed E-state index contributed by atoms with van der Waals surface area (Å²) in [7, 11) is -2.41. The van der Waals surface area contributed by atoms with Gasteiger partial charge in [-0.2, -0.15) is 0 Å². The molecule has 6 heteroatoms. The number of carbonyl (C=O) groups excluding carboxylic acids is 1. The van der Waals surface area contributed by atoms with E-state index in [1.54, 1.807) is 26.8 Å². The molecule has 0 aromatic heterocycles. The second kappa shape index (κ2) is 7.94. The van der Waals surface area contributed by atoms with Gasteiger partial charge < -0.3 is 4.74 Å². The number of sulfonamides is 1. The summed E-state index contributed by atoms with van der Waals surface area (Å²) in [4.78, 5) is 11.9. The van der Waals surface area contributed by atoms with Gasteiger partial charge in [-0.05, 0) is 44.7 Å². The van der Waals surface area contributed by atoms with Gasteiger partial charge in [0, 0.05) is 11.6 Å². The molecule has 0 spiro atoms. The molecule has 0 aliphatic heterocycles. The molecule has 134 valence electrons. The zero-order valence-corrected chi connectivity index (χ0v) is 16.2. The van der Waals surface area contributed by atoms with Crippen LogP contribution in [0.2, 0.25) is 0 Å². The summed E-state index contributed by atoms with van der Waals surface area (Å²) in [5.74, 6) is -0.493. The normalized spacial score (nSPS) is 13.9. The average molecular weight is 353 g/mol. The van der Waals surface area contributed by atoms with Crippen LogP contribution in [0.4, 0.5) is 0 Å². The molecule has 0 bridgehead atoms. The highest BCUT2D eigenvalue weighted by molar-refractivity contribution is 7.89. The van der Waals surface area contributed by atoms with Crippen LogP contribution in [0.3, 0.4) is 0 Å². The third-order valence-electron chi connectivity index (χ3n) is 3.82. The van der Waals surface area contributed by atoms with Crippen LogP contribution in [-0.4, -0.2) is 27.5 Å². The average Bonchev–Trinajstić information content (AvgIpc) is 2.43. The molecule has 0 heterocycles. The molecule has 0 fully saturated rings. The standard InChI is InChI=1S/C18H27NO4S/c1-11(2)16(10-15(6)18(20)23-7)19-24(21,22)17-13(4)8-12(3)9-14(17)5/h8-11,16,19H,1-7H3/b15-10+/t16-/m1/s1. The molecule has 1 N–H and O–H groups in total. The molecule has 1 aromatic rings. The lowest BCUT2D eigenvalue weighted by molar-refractivity contribution is -0.136. The number of esters is 1. The van der Waals surface area contributed by atoms with Crippen LogP contribution < -0.4 is 4.72 Å². The number of ether oxygens (including phenoxy) is 1. The van der Waals surface area contributed by atoms with Gasteiger partial charge in [0.15, 0.2) is 0 Å². The lowest BCUT2D eigenvalue weighted by Gasteiger charge is -2.21. The molecule has 24 heavy (non-hydrogen) atoms. The predicted octanol–water partition coefficient (Wildman–Crippen LogP) is 3.03. The first kappa shape index (κ1) is 20.4. The molecular weight excluding hydrogens is 326 g/mol. The fourth-order valence-electron chi connectivity index (χ4n) is 2.69. The monoisotopic (exact) mass is 353 g/mol. The molecule has 0 saturated carbocycles. The zero-order chi connectivity index (χ0) is 18.7. The summed E-state index contributed by atoms with van der Waals surface area (Å²) in [5.41, 5.74) is 2.80. The molecule has 0 aliphatic rings. The van der Waals surface area contributed by atoms with E-state index < -0.39 is 22.0 Å². The van der Waals surface area contributed by atoms with Gasteiger partial charge in [0.25, 0.3) is 0 Å². The SMILES string of the molecule is COC(=O)/C(C)=C/[C@@H](NS(=O)(=O)c1c(C)cc(C)cc1C)C(C)C. The molecule has 0 amide bonds. The van der Waals surface area contributed by atoms with Gasteiger partial charge in [-0.3, -0.25) is 0 Å². The second-order valence-electron chi connectivity index (χ2n) is 6.46.